The summed E-state index contributed by atoms with van der Waals surface area (Å²) in [5.74, 6) is 6.12. The quantitative estimate of drug-likeness (QED) is 0.0209. The summed E-state index contributed by atoms with van der Waals surface area (Å²) in [5.41, 5.74) is 23.5. The number of oxime groups is 1. The first-order valence-corrected chi connectivity index (χ1v) is 35.5. The maximum absolute atomic E-state index is 10.0. The van der Waals surface area contributed by atoms with Crippen molar-refractivity contribution < 1.29 is 32.1 Å². The van der Waals surface area contributed by atoms with Crippen LogP contribution in [0, 0.1) is 22.7 Å². The van der Waals surface area contributed by atoms with Crippen molar-refractivity contribution >= 4 is 89.0 Å². The molecule has 14 heterocycles. The molecule has 4 fully saturated rings. The van der Waals surface area contributed by atoms with Crippen LogP contribution in [0.2, 0.25) is 0 Å². The van der Waals surface area contributed by atoms with Crippen LogP contribution in [0.15, 0.2) is 250 Å². The van der Waals surface area contributed by atoms with Gasteiger partial charge in [0.2, 0.25) is 0 Å². The Morgan fingerprint density at radius 3 is 1.18 bits per heavy atom. The third kappa shape index (κ3) is 22.3. The van der Waals surface area contributed by atoms with E-state index in [-0.39, 0.29) is 5.84 Å². The third-order valence-corrected chi connectivity index (χ3v) is 17.3. The van der Waals surface area contributed by atoms with Gasteiger partial charge in [0.25, 0.3) is 16.8 Å². The van der Waals surface area contributed by atoms with Gasteiger partial charge in [0.1, 0.15) is 63.4 Å². The number of carbonyl (C=O) groups is 1. The topological polar surface area (TPSA) is 419 Å². The van der Waals surface area contributed by atoms with Crippen molar-refractivity contribution in [2.45, 2.75) is 75.0 Å². The molecule has 28 nitrogen and oxygen atoms in total. The summed E-state index contributed by atoms with van der Waals surface area (Å²) >= 11 is 9.67. The van der Waals surface area contributed by atoms with Crippen molar-refractivity contribution in [3.63, 3.8) is 0 Å². The second kappa shape index (κ2) is 36.5. The molecule has 107 heavy (non-hydrogen) atoms. The minimum absolute atomic E-state index is 0.0503. The monoisotopic (exact) mass is 1620 g/mol. The van der Waals surface area contributed by atoms with E-state index >= 15 is 0 Å². The van der Waals surface area contributed by atoms with E-state index in [0.717, 1.165) is 55.0 Å². The number of halogens is 3. The summed E-state index contributed by atoms with van der Waals surface area (Å²) in [6.07, 6.45) is 37.6. The Labute approximate surface area is 636 Å². The number of carbonyl (C=O) groups excluding carboxylic acids is 1. The second-order valence-corrected chi connectivity index (χ2v) is 26.5. The zero-order valence-electron chi connectivity index (χ0n) is 56.5. The van der Waals surface area contributed by atoms with Crippen molar-refractivity contribution in [1.82, 2.24) is 69.8 Å². The minimum atomic E-state index is -0.0503. The normalized spacial score (nSPS) is 13.1. The van der Waals surface area contributed by atoms with E-state index in [2.05, 4.69) is 158 Å². The molecule has 0 saturated heterocycles. The number of oxazole rings is 5. The van der Waals surface area contributed by atoms with Crippen LogP contribution in [0.4, 0.5) is 29.1 Å². The van der Waals surface area contributed by atoms with Crippen LogP contribution in [-0.2, 0) is 0 Å². The molecular formula is C76H62Br3N21O7. The zero-order chi connectivity index (χ0) is 74.3. The lowest BCUT2D eigenvalue weighted by molar-refractivity contribution is 0.111. The number of hydrogen-bond donors (Lipinski definition) is 5. The van der Waals surface area contributed by atoms with E-state index in [0.29, 0.717) is 97.8 Å². The van der Waals surface area contributed by atoms with Crippen molar-refractivity contribution in [1.29, 1.82) is 10.5 Å². The number of anilines is 5. The SMILES string of the molecule is Brc1ccc(-c2cnco2)nc1.Brc1ncc(-c2ccc(C3CC3)cn2)o1.N#Cc1ccc(N)cn1.N#Cc1ccc(Nc2ncc(-c3ccc(C4CC4)cn3)o2)cn1.N/C(=N/O)c1ccc(Nc2ncc(-c3ccc(C4CC4)cn3)o2)cn1.O=Cc1ccc(Br)cn1.c1ncc(-c2ccc(C3CC3)cn2)o1. The number of nitrogens with one attached hydrogen (secondary N) is 2. The van der Waals surface area contributed by atoms with Gasteiger partial charge < -0.3 is 49.4 Å². The second-order valence-electron chi connectivity index (χ2n) is 24.0. The fourth-order valence-corrected chi connectivity index (χ4v) is 10.4. The summed E-state index contributed by atoms with van der Waals surface area (Å²) in [5, 5.41) is 34.6. The number of hydrogen-bond acceptors (Lipinski definition) is 27. The molecule has 534 valence electrons. The third-order valence-electron chi connectivity index (χ3n) is 16.0. The van der Waals surface area contributed by atoms with Crippen molar-refractivity contribution in [2.24, 2.45) is 10.9 Å². The lowest BCUT2D eigenvalue weighted by Gasteiger charge is -2.03. The molecule has 18 rings (SSSR count). The van der Waals surface area contributed by atoms with Gasteiger partial charge in [-0.2, -0.15) is 10.5 Å². The van der Waals surface area contributed by atoms with Gasteiger partial charge in [0.15, 0.2) is 53.7 Å². The van der Waals surface area contributed by atoms with Crippen molar-refractivity contribution in [2.75, 3.05) is 16.4 Å². The number of nitrogens with two attached hydrogens (primary N) is 2. The highest BCUT2D eigenvalue weighted by Crippen LogP contribution is 2.43. The predicted octanol–water partition coefficient (Wildman–Crippen LogP) is 17.2. The minimum Gasteiger partial charge on any atom is -0.442 e. The molecule has 0 aliphatic heterocycles. The van der Waals surface area contributed by atoms with Crippen molar-refractivity contribution in [3.8, 4) is 69.4 Å². The Hall–Kier alpha value is -12.8. The van der Waals surface area contributed by atoms with E-state index < -0.39 is 0 Å². The molecule has 4 aliphatic rings. The van der Waals surface area contributed by atoms with Gasteiger partial charge in [-0.15, -0.1) is 0 Å². The largest absolute Gasteiger partial charge is 0.442 e. The molecule has 4 saturated carbocycles. The van der Waals surface area contributed by atoms with E-state index in [1.165, 1.54) is 92.6 Å². The lowest BCUT2D eigenvalue weighted by Crippen LogP contribution is -2.14. The number of aldehydes is 1. The van der Waals surface area contributed by atoms with Gasteiger partial charge in [-0.3, -0.25) is 39.7 Å². The molecule has 4 aliphatic carbocycles. The highest BCUT2D eigenvalue weighted by molar-refractivity contribution is 9.11. The number of nitriles is 2. The van der Waals surface area contributed by atoms with Crippen LogP contribution in [0.1, 0.15) is 125 Å². The standard InChI is InChI=1S/C17H16N6O2.C17H13N5O.C11H9BrN2O.C11H10N2O.C8H5BrN2O.C6H4BrNO.C6H5N3/c18-16(23-24)14-6-4-12(8-20-14)22-17-21-9-15(25-17)13-5-3-11(7-19-13)10-1-2-10;18-7-13-4-5-14(9-19-13)22-17-21-10-16(23-17)15-6-3-12(8-20-15)11-1-2-11;12-11-14-6-10(15-11)9-4-3-8(5-13-9)7-1-2-7;1-2-8(1)9-3-4-10(13-5-9)11-6-12-7-14-11;9-6-1-2-7(11-3-6)8-4-10-5-12-8;7-5-1-2-6(4-9)8-3-5;7-3-6-2-1-5(8)4-9-6/h3-10,24H,1-2H2,(H2,18,23)(H,21,22);3-6,8-11H,1-2H2,(H,21,22);3-7H,1-2H2;3-8H,1-2H2;1-5H;1-4H;1-2,4H,8H2. The molecule has 0 amide bonds. The average molecular weight is 1620 g/mol. The van der Waals surface area contributed by atoms with Crippen LogP contribution < -0.4 is 22.1 Å². The summed E-state index contributed by atoms with van der Waals surface area (Å²) < 4.78 is 28.7. The summed E-state index contributed by atoms with van der Waals surface area (Å²) in [7, 11) is 0. The van der Waals surface area contributed by atoms with Gasteiger partial charge in [-0.05, 0) is 214 Å². The average Bonchev–Trinajstić information content (AvgIpc) is 1.72. The van der Waals surface area contributed by atoms with E-state index in [9.17, 15) is 4.79 Å². The lowest BCUT2D eigenvalue weighted by atomic mass is 10.2. The Morgan fingerprint density at radius 2 is 0.850 bits per heavy atom. The fraction of sp³-hybridized carbons (Fsp3) is 0.158. The summed E-state index contributed by atoms with van der Waals surface area (Å²) in [6, 6.07) is 38.0. The van der Waals surface area contributed by atoms with Crippen LogP contribution in [0.25, 0.3) is 57.3 Å². The molecule has 0 unspecified atom stereocenters. The number of aromatic nitrogens is 14. The molecule has 0 bridgehead atoms. The number of nitrogens with zero attached hydrogens (tertiary/aromatic N) is 17. The van der Waals surface area contributed by atoms with Crippen LogP contribution in [0.5, 0.6) is 0 Å². The molecule has 14 aromatic heterocycles. The molecule has 0 aromatic carbocycles. The molecular weight excluding hydrogens is 1560 g/mol. The smallest absolute Gasteiger partial charge is 0.299 e. The Morgan fingerprint density at radius 1 is 0.439 bits per heavy atom. The van der Waals surface area contributed by atoms with Crippen LogP contribution in [0.3, 0.4) is 0 Å². The van der Waals surface area contributed by atoms with Crippen molar-refractivity contribution in [3.05, 3.63) is 268 Å². The van der Waals surface area contributed by atoms with Gasteiger partial charge in [0, 0.05) is 62.1 Å². The molecule has 0 atom stereocenters. The highest BCUT2D eigenvalue weighted by Gasteiger charge is 2.27. The van der Waals surface area contributed by atoms with E-state index in [4.69, 9.17) is 49.3 Å². The fourth-order valence-electron chi connectivity index (χ4n) is 9.69. The number of pyridine rings is 9. The Bertz CT molecular complexity index is 5220. The van der Waals surface area contributed by atoms with Gasteiger partial charge in [-0.1, -0.05) is 29.4 Å². The summed E-state index contributed by atoms with van der Waals surface area (Å²) in [4.78, 5) is 67.9. The van der Waals surface area contributed by atoms with Gasteiger partial charge >= 0.3 is 0 Å². The molecule has 0 radical (unpaired) electrons. The molecule has 7 N–H and O–H groups in total. The van der Waals surface area contributed by atoms with Crippen LogP contribution >= 0.6 is 47.8 Å². The van der Waals surface area contributed by atoms with Gasteiger partial charge in [0.05, 0.1) is 66.6 Å². The van der Waals surface area contributed by atoms with E-state index in [1.807, 2.05) is 73.3 Å². The number of rotatable bonds is 15. The molecule has 14 aromatic rings. The molecule has 31 heteroatoms. The van der Waals surface area contributed by atoms with Crippen LogP contribution in [-0.4, -0.2) is 87.1 Å². The summed E-state index contributed by atoms with van der Waals surface area (Å²) in [6.45, 7) is 0. The maximum Gasteiger partial charge on any atom is 0.299 e. The zero-order valence-corrected chi connectivity index (χ0v) is 61.2. The first-order valence-electron chi connectivity index (χ1n) is 33.1. The Balaban J connectivity index is 0.000000121. The Kier molecular flexibility index (Phi) is 25.2. The van der Waals surface area contributed by atoms with E-state index in [1.54, 1.807) is 104 Å². The predicted molar refractivity (Wildman–Crippen MR) is 405 cm³/mol. The number of nitrogen functional groups attached to an aromatic ring is 1. The first-order chi connectivity index (χ1) is 52.3. The highest BCUT2D eigenvalue weighted by atomic mass is 79.9. The molecule has 0 spiro atoms. The maximum atomic E-state index is 10.0. The first kappa shape index (κ1) is 73.9. The van der Waals surface area contributed by atoms with Gasteiger partial charge in [-0.25, -0.2) is 34.9 Å². The number of amidine groups is 1.